The van der Waals surface area contributed by atoms with Crippen LogP contribution >= 0.6 is 0 Å². The van der Waals surface area contributed by atoms with E-state index < -0.39 is 0 Å². The molecule has 148 valence electrons. The Bertz CT molecular complexity index is 512. The Morgan fingerprint density at radius 2 is 2.04 bits per heavy atom. The molecule has 1 rings (SSSR count). The summed E-state index contributed by atoms with van der Waals surface area (Å²) in [4.78, 5) is 18.7. The summed E-state index contributed by atoms with van der Waals surface area (Å²) in [6.07, 6.45) is 3.79. The summed E-state index contributed by atoms with van der Waals surface area (Å²) < 4.78 is 5.19. The van der Waals surface area contributed by atoms with E-state index in [0.29, 0.717) is 18.5 Å². The van der Waals surface area contributed by atoms with Gasteiger partial charge < -0.3 is 25.3 Å². The maximum atomic E-state index is 11.9. The summed E-state index contributed by atoms with van der Waals surface area (Å²) in [5.74, 6) is 1.28. The lowest BCUT2D eigenvalue weighted by Gasteiger charge is -2.21. The normalized spacial score (nSPS) is 12.9. The Morgan fingerprint density at radius 3 is 2.65 bits per heavy atom. The molecule has 1 atom stereocenters. The molecule has 0 radical (unpaired) electrons. The molecule has 1 unspecified atom stereocenters. The van der Waals surface area contributed by atoms with E-state index in [9.17, 15) is 4.79 Å². The van der Waals surface area contributed by atoms with Crippen molar-refractivity contribution in [3.8, 4) is 0 Å². The molecule has 0 aromatic carbocycles. The maximum absolute atomic E-state index is 11.9. The predicted molar refractivity (Wildman–Crippen MR) is 106 cm³/mol. The number of amides is 1. The largest absolute Gasteiger partial charge is 0.467 e. The maximum Gasteiger partial charge on any atom is 0.242 e. The third-order valence-electron chi connectivity index (χ3n) is 4.15. The first-order valence-electron chi connectivity index (χ1n) is 9.65. The lowest BCUT2D eigenvalue weighted by atomic mass is 10.2. The molecule has 0 bridgehead atoms. The molecule has 0 spiro atoms. The summed E-state index contributed by atoms with van der Waals surface area (Å²) in [6, 6.07) is 3.93. The molecular weight excluding hydrogens is 330 g/mol. The van der Waals surface area contributed by atoms with E-state index in [4.69, 9.17) is 4.42 Å². The fourth-order valence-corrected chi connectivity index (χ4v) is 2.59. The van der Waals surface area contributed by atoms with E-state index in [1.807, 2.05) is 13.0 Å². The van der Waals surface area contributed by atoms with Crippen molar-refractivity contribution in [2.24, 2.45) is 4.99 Å². The first-order chi connectivity index (χ1) is 12.6. The van der Waals surface area contributed by atoms with E-state index in [0.717, 1.165) is 44.8 Å². The molecular formula is C19H35N5O2. The molecule has 0 aliphatic carbocycles. The molecule has 0 saturated carbocycles. The van der Waals surface area contributed by atoms with Crippen LogP contribution in [0.2, 0.25) is 0 Å². The van der Waals surface area contributed by atoms with Crippen LogP contribution in [-0.4, -0.2) is 55.5 Å². The number of hydrogen-bond donors (Lipinski definition) is 3. The van der Waals surface area contributed by atoms with E-state index in [1.54, 1.807) is 12.3 Å². The second-order valence-electron chi connectivity index (χ2n) is 6.27. The molecule has 0 aliphatic rings. The van der Waals surface area contributed by atoms with Gasteiger partial charge in [0.15, 0.2) is 5.96 Å². The van der Waals surface area contributed by atoms with Crippen molar-refractivity contribution in [3.63, 3.8) is 0 Å². The van der Waals surface area contributed by atoms with E-state index >= 15 is 0 Å². The van der Waals surface area contributed by atoms with Crippen LogP contribution in [0.25, 0.3) is 0 Å². The first kappa shape index (κ1) is 22.0. The zero-order chi connectivity index (χ0) is 19.2. The molecule has 1 amide bonds. The molecule has 26 heavy (non-hydrogen) atoms. The second kappa shape index (κ2) is 13.2. The minimum Gasteiger partial charge on any atom is -0.467 e. The zero-order valence-electron chi connectivity index (χ0n) is 16.7. The van der Waals surface area contributed by atoms with Crippen LogP contribution in [0, 0.1) is 0 Å². The molecule has 7 heteroatoms. The van der Waals surface area contributed by atoms with Gasteiger partial charge in [-0.2, -0.15) is 0 Å². The highest BCUT2D eigenvalue weighted by molar-refractivity contribution is 5.85. The van der Waals surface area contributed by atoms with Gasteiger partial charge in [-0.15, -0.1) is 0 Å². The van der Waals surface area contributed by atoms with E-state index in [2.05, 4.69) is 46.6 Å². The van der Waals surface area contributed by atoms with Crippen LogP contribution < -0.4 is 16.0 Å². The first-order valence-corrected chi connectivity index (χ1v) is 9.65. The van der Waals surface area contributed by atoms with Gasteiger partial charge in [-0.25, -0.2) is 4.99 Å². The van der Waals surface area contributed by atoms with Gasteiger partial charge in [-0.3, -0.25) is 4.79 Å². The summed E-state index contributed by atoms with van der Waals surface area (Å²) in [6.45, 7) is 13.1. The Hall–Kier alpha value is -2.02. The number of carbonyl (C=O) groups is 1. The van der Waals surface area contributed by atoms with Crippen LogP contribution in [0.4, 0.5) is 0 Å². The van der Waals surface area contributed by atoms with Gasteiger partial charge in [-0.05, 0) is 58.5 Å². The fourth-order valence-electron chi connectivity index (χ4n) is 2.59. The van der Waals surface area contributed by atoms with Crippen molar-refractivity contribution >= 4 is 11.9 Å². The highest BCUT2D eigenvalue weighted by Gasteiger charge is 2.08. The molecule has 0 aliphatic heterocycles. The Balaban J connectivity index is 2.35. The highest BCUT2D eigenvalue weighted by Crippen LogP contribution is 2.00. The van der Waals surface area contributed by atoms with Crippen molar-refractivity contribution in [2.45, 2.75) is 53.1 Å². The summed E-state index contributed by atoms with van der Waals surface area (Å²) in [5.41, 5.74) is 0. The van der Waals surface area contributed by atoms with Gasteiger partial charge in [0.25, 0.3) is 0 Å². The fraction of sp³-hybridized carbons (Fsp3) is 0.684. The van der Waals surface area contributed by atoms with Gasteiger partial charge >= 0.3 is 0 Å². The van der Waals surface area contributed by atoms with Crippen molar-refractivity contribution in [1.29, 1.82) is 0 Å². The number of carbonyl (C=O) groups excluding carboxylic acids is 1. The zero-order valence-corrected chi connectivity index (χ0v) is 16.7. The average molecular weight is 366 g/mol. The number of furan rings is 1. The Kier molecular flexibility index (Phi) is 11.2. The number of nitrogens with zero attached hydrogens (tertiary/aromatic N) is 2. The lowest BCUT2D eigenvalue weighted by Crippen LogP contribution is -2.43. The van der Waals surface area contributed by atoms with Gasteiger partial charge in [0.2, 0.25) is 5.91 Å². The SMILES string of the molecule is CCNC(=NCC(=O)NCc1ccco1)NC(C)CCCN(CC)CC. The smallest absolute Gasteiger partial charge is 0.242 e. The van der Waals surface area contributed by atoms with Crippen molar-refractivity contribution in [3.05, 3.63) is 24.2 Å². The molecule has 1 aromatic rings. The van der Waals surface area contributed by atoms with Crippen molar-refractivity contribution in [2.75, 3.05) is 32.7 Å². The summed E-state index contributed by atoms with van der Waals surface area (Å²) >= 11 is 0. The quantitative estimate of drug-likeness (QED) is 0.390. The van der Waals surface area contributed by atoms with Gasteiger partial charge in [0, 0.05) is 12.6 Å². The third kappa shape index (κ3) is 9.46. The summed E-state index contributed by atoms with van der Waals surface area (Å²) in [5, 5.41) is 9.36. The van der Waals surface area contributed by atoms with Gasteiger partial charge in [0.1, 0.15) is 12.3 Å². The average Bonchev–Trinajstić information content (AvgIpc) is 3.15. The van der Waals surface area contributed by atoms with Crippen LogP contribution in [0.3, 0.4) is 0 Å². The summed E-state index contributed by atoms with van der Waals surface area (Å²) in [7, 11) is 0. The Labute approximate surface area is 157 Å². The van der Waals surface area contributed by atoms with Crippen molar-refractivity contribution < 1.29 is 9.21 Å². The minimum absolute atomic E-state index is 0.0855. The number of hydrogen-bond acceptors (Lipinski definition) is 4. The van der Waals surface area contributed by atoms with E-state index in [-0.39, 0.29) is 12.5 Å². The van der Waals surface area contributed by atoms with E-state index in [1.165, 1.54) is 0 Å². The third-order valence-corrected chi connectivity index (χ3v) is 4.15. The van der Waals surface area contributed by atoms with Gasteiger partial charge in [0.05, 0.1) is 12.8 Å². The minimum atomic E-state index is -0.132. The molecule has 7 nitrogen and oxygen atoms in total. The number of rotatable bonds is 12. The number of guanidine groups is 1. The van der Waals surface area contributed by atoms with Crippen molar-refractivity contribution in [1.82, 2.24) is 20.9 Å². The number of aliphatic imine (C=N–C) groups is 1. The second-order valence-corrected chi connectivity index (χ2v) is 6.27. The number of nitrogens with one attached hydrogen (secondary N) is 3. The molecule has 1 aromatic heterocycles. The Morgan fingerprint density at radius 1 is 1.27 bits per heavy atom. The van der Waals surface area contributed by atoms with Crippen LogP contribution in [0.5, 0.6) is 0 Å². The van der Waals surface area contributed by atoms with Gasteiger partial charge in [-0.1, -0.05) is 13.8 Å². The lowest BCUT2D eigenvalue weighted by molar-refractivity contribution is -0.119. The monoisotopic (exact) mass is 365 g/mol. The van der Waals surface area contributed by atoms with Crippen LogP contribution in [-0.2, 0) is 11.3 Å². The topological polar surface area (TPSA) is 81.9 Å². The van der Waals surface area contributed by atoms with Crippen LogP contribution in [0.15, 0.2) is 27.8 Å². The predicted octanol–water partition coefficient (Wildman–Crippen LogP) is 1.96. The molecule has 1 heterocycles. The molecule has 0 fully saturated rings. The molecule has 3 N–H and O–H groups in total. The standard InChI is InChI=1S/C19H35N5O2/c1-5-20-19(23-16(4)10-8-12-24(6-2)7-3)22-15-18(25)21-14-17-11-9-13-26-17/h9,11,13,16H,5-8,10,12,14-15H2,1-4H3,(H,21,25)(H2,20,22,23). The highest BCUT2D eigenvalue weighted by atomic mass is 16.3. The molecule has 0 saturated heterocycles. The van der Waals surface area contributed by atoms with Crippen LogP contribution in [0.1, 0.15) is 46.3 Å².